The molecular weight excluding hydrogens is 717 g/mol. The largest absolute Gasteiger partial charge is 0.292 e. The van der Waals surface area contributed by atoms with Gasteiger partial charge in [-0.3, -0.25) is 19.2 Å². The van der Waals surface area contributed by atoms with Gasteiger partial charge in [0, 0.05) is 39.9 Å². The molecule has 58 heavy (non-hydrogen) atoms. The maximum Gasteiger partial charge on any atom is 0.188 e. The predicted molar refractivity (Wildman–Crippen MR) is 227 cm³/mol. The van der Waals surface area contributed by atoms with E-state index in [1.165, 1.54) is 76.6 Å². The van der Waals surface area contributed by atoms with Crippen LogP contribution in [0.3, 0.4) is 0 Å². The van der Waals surface area contributed by atoms with Gasteiger partial charge in [-0.2, -0.15) is 0 Å². The van der Waals surface area contributed by atoms with Crippen LogP contribution in [-0.2, 0) is 35.4 Å². The number of rotatable bonds is 2. The van der Waals surface area contributed by atoms with Crippen LogP contribution in [0.4, 0.5) is 0 Å². The average molecular weight is 773 g/mol. The van der Waals surface area contributed by atoms with Gasteiger partial charge in [0.15, 0.2) is 23.1 Å². The SMILES string of the molecule is O=C1C(=NC2=Cc3cc4c(cc3C23CCCCC3)-c2cc3c(cc2C42CCCCC2)C=C(N=C2C(=O)C4CCCCC4C2=O)C32CCCCC2)C(=O)C2CCCCC12. The molecule has 0 radical (unpaired) electrons. The zero-order valence-electron chi connectivity index (χ0n) is 34.1. The number of carbonyl (C=O) groups is 4. The first kappa shape index (κ1) is 35.8. The zero-order valence-corrected chi connectivity index (χ0v) is 34.1. The fourth-order valence-corrected chi connectivity index (χ4v) is 14.8. The van der Waals surface area contributed by atoms with E-state index in [0.717, 1.165) is 127 Å². The quantitative estimate of drug-likeness (QED) is 0.304. The highest BCUT2D eigenvalue weighted by Crippen LogP contribution is 2.62. The van der Waals surface area contributed by atoms with Gasteiger partial charge in [0.1, 0.15) is 11.4 Å². The van der Waals surface area contributed by atoms with Crippen molar-refractivity contribution in [1.29, 1.82) is 0 Å². The smallest absolute Gasteiger partial charge is 0.188 e. The van der Waals surface area contributed by atoms with Gasteiger partial charge in [0.05, 0.1) is 11.4 Å². The molecular formula is C52H56N2O4. The molecule has 6 heteroatoms. The number of carbonyl (C=O) groups excluding carboxylic acids is 4. The summed E-state index contributed by atoms with van der Waals surface area (Å²) in [5.74, 6) is -0.682. The first-order chi connectivity index (χ1) is 28.3. The van der Waals surface area contributed by atoms with Crippen LogP contribution in [0.25, 0.3) is 23.3 Å². The van der Waals surface area contributed by atoms with Crippen LogP contribution >= 0.6 is 0 Å². The summed E-state index contributed by atoms with van der Waals surface area (Å²) in [4.78, 5) is 65.6. The van der Waals surface area contributed by atoms with Crippen molar-refractivity contribution in [3.8, 4) is 11.1 Å². The molecule has 7 fully saturated rings. The van der Waals surface area contributed by atoms with Gasteiger partial charge in [-0.1, -0.05) is 83.5 Å². The van der Waals surface area contributed by atoms with Gasteiger partial charge in [-0.25, -0.2) is 9.98 Å². The first-order valence-electron chi connectivity index (χ1n) is 23.5. The van der Waals surface area contributed by atoms with Gasteiger partial charge < -0.3 is 0 Å². The highest BCUT2D eigenvalue weighted by atomic mass is 16.2. The number of hydrogen-bond acceptors (Lipinski definition) is 6. The fraction of sp³-hybridized carbons (Fsp3) is 0.577. The molecule has 0 saturated heterocycles. The van der Waals surface area contributed by atoms with E-state index >= 15 is 0 Å². The Bertz CT molecular complexity index is 2140. The highest BCUT2D eigenvalue weighted by molar-refractivity contribution is 6.71. The van der Waals surface area contributed by atoms with E-state index in [1.54, 1.807) is 0 Å². The minimum Gasteiger partial charge on any atom is -0.292 e. The molecule has 0 aromatic heterocycles. The Hall–Kier alpha value is -4.06. The van der Waals surface area contributed by atoms with Crippen LogP contribution < -0.4 is 0 Å². The average Bonchev–Trinajstić information content (AvgIpc) is 3.95. The highest BCUT2D eigenvalue weighted by Gasteiger charge is 2.54. The Morgan fingerprint density at radius 2 is 0.707 bits per heavy atom. The van der Waals surface area contributed by atoms with Crippen LogP contribution in [-0.4, -0.2) is 34.6 Å². The Morgan fingerprint density at radius 1 is 0.379 bits per heavy atom. The van der Waals surface area contributed by atoms with E-state index in [9.17, 15) is 19.2 Å². The summed E-state index contributed by atoms with van der Waals surface area (Å²) >= 11 is 0. The number of nitrogens with zero attached hydrogens (tertiary/aromatic N) is 2. The second-order valence-corrected chi connectivity index (χ2v) is 20.3. The van der Waals surface area contributed by atoms with E-state index in [1.807, 2.05) is 0 Å². The molecule has 6 nitrogen and oxygen atoms in total. The van der Waals surface area contributed by atoms with Crippen molar-refractivity contribution in [3.63, 3.8) is 0 Å². The summed E-state index contributed by atoms with van der Waals surface area (Å²) in [5.41, 5.74) is 12.6. The number of fused-ring (bicyclic) bond motifs is 11. The molecule has 2 aromatic carbocycles. The van der Waals surface area contributed by atoms with E-state index in [4.69, 9.17) is 9.98 Å². The van der Waals surface area contributed by atoms with Crippen LogP contribution in [0.2, 0.25) is 0 Å². The maximum atomic E-state index is 13.8. The normalized spacial score (nSPS) is 30.9. The van der Waals surface area contributed by atoms with E-state index in [2.05, 4.69) is 36.4 Å². The third kappa shape index (κ3) is 4.78. The van der Waals surface area contributed by atoms with Crippen LogP contribution in [0.1, 0.15) is 181 Å². The maximum absolute atomic E-state index is 13.8. The number of hydrogen-bond donors (Lipinski definition) is 0. The lowest BCUT2D eigenvalue weighted by molar-refractivity contribution is -0.120. The molecule has 0 heterocycles. The van der Waals surface area contributed by atoms with Crippen molar-refractivity contribution in [1.82, 2.24) is 0 Å². The van der Waals surface area contributed by atoms with Crippen molar-refractivity contribution in [3.05, 3.63) is 69.0 Å². The lowest BCUT2D eigenvalue weighted by atomic mass is 9.66. The molecule has 0 amide bonds. The summed E-state index contributed by atoms with van der Waals surface area (Å²) in [6, 6.07) is 10.1. The summed E-state index contributed by atoms with van der Waals surface area (Å²) in [6.45, 7) is 0. The molecule has 4 atom stereocenters. The summed E-state index contributed by atoms with van der Waals surface area (Å²) in [6.07, 6.45) is 28.7. The van der Waals surface area contributed by atoms with Gasteiger partial charge in [0.2, 0.25) is 0 Å². The third-order valence-corrected chi connectivity index (χ3v) is 17.7. The summed E-state index contributed by atoms with van der Waals surface area (Å²) < 4.78 is 0. The number of ketones is 4. The summed E-state index contributed by atoms with van der Waals surface area (Å²) in [7, 11) is 0. The molecule has 3 spiro atoms. The van der Waals surface area contributed by atoms with Crippen LogP contribution in [0.5, 0.6) is 0 Å². The van der Waals surface area contributed by atoms with Crippen molar-refractivity contribution in [2.75, 3.05) is 0 Å². The molecule has 7 saturated carbocycles. The molecule has 10 aliphatic carbocycles. The van der Waals surface area contributed by atoms with Crippen molar-refractivity contribution < 1.29 is 19.2 Å². The molecule has 0 bridgehead atoms. The van der Waals surface area contributed by atoms with Crippen molar-refractivity contribution in [2.24, 2.45) is 33.7 Å². The van der Waals surface area contributed by atoms with E-state index in [0.29, 0.717) is 0 Å². The number of benzene rings is 2. The van der Waals surface area contributed by atoms with Gasteiger partial charge in [-0.15, -0.1) is 0 Å². The second kappa shape index (κ2) is 13.0. The Balaban J connectivity index is 0.997. The third-order valence-electron chi connectivity index (χ3n) is 17.7. The number of Topliss-reactive ketones (excluding diaryl/α,β-unsaturated/α-hetero) is 4. The molecule has 10 aliphatic rings. The molecule has 2 aromatic rings. The Labute approximate surface area is 342 Å². The first-order valence-corrected chi connectivity index (χ1v) is 23.5. The van der Waals surface area contributed by atoms with E-state index < -0.39 is 0 Å². The lowest BCUT2D eigenvalue weighted by Crippen LogP contribution is -2.31. The van der Waals surface area contributed by atoms with Gasteiger partial charge in [0.25, 0.3) is 0 Å². The fourth-order valence-electron chi connectivity index (χ4n) is 14.8. The molecule has 0 aliphatic heterocycles. The van der Waals surface area contributed by atoms with Gasteiger partial charge in [-0.05, 0) is 145 Å². The van der Waals surface area contributed by atoms with Crippen molar-refractivity contribution >= 4 is 46.7 Å². The number of aliphatic imine (C=N–C) groups is 2. The minimum atomic E-state index is -0.282. The monoisotopic (exact) mass is 772 g/mol. The van der Waals surface area contributed by atoms with Gasteiger partial charge >= 0.3 is 0 Å². The topological polar surface area (TPSA) is 93.0 Å². The molecule has 4 unspecified atom stereocenters. The molecule has 298 valence electrons. The predicted octanol–water partition coefficient (Wildman–Crippen LogP) is 10.8. The van der Waals surface area contributed by atoms with Crippen LogP contribution in [0.15, 0.2) is 45.6 Å². The number of allylic oxidation sites excluding steroid dienone is 2. The zero-order chi connectivity index (χ0) is 39.0. The summed E-state index contributed by atoms with van der Waals surface area (Å²) in [5, 5.41) is 0. The van der Waals surface area contributed by atoms with E-state index in [-0.39, 0.29) is 74.5 Å². The molecule has 12 rings (SSSR count). The Morgan fingerprint density at radius 3 is 1.05 bits per heavy atom. The lowest BCUT2D eigenvalue weighted by Gasteiger charge is -2.38. The molecule has 0 N–H and O–H groups in total. The Kier molecular flexibility index (Phi) is 8.02. The minimum absolute atomic E-state index is 0.00118. The van der Waals surface area contributed by atoms with Crippen molar-refractivity contribution in [2.45, 2.75) is 164 Å². The van der Waals surface area contributed by atoms with Crippen LogP contribution in [0, 0.1) is 23.7 Å². The second-order valence-electron chi connectivity index (χ2n) is 20.3. The standard InChI is InChI=1S/C52H56N2O4/c55-46-32-14-4-5-15-33(32)47(56)44(46)53-42-26-30-24-40-36(28-38(30)51(42)20-10-2-11-21-51)37-29-39-31(25-41(37)50(40)18-8-1-9-19-50)27-43(52(39)22-12-3-13-23-52)54-45-48(57)34-16-6-7-17-35(34)49(45)58/h24-29,32-35H,1-23H2.